The van der Waals surface area contributed by atoms with Crippen molar-refractivity contribution in [1.29, 1.82) is 0 Å². The van der Waals surface area contributed by atoms with E-state index in [2.05, 4.69) is 4.98 Å². The molecular formula is C16H19FN2O2. The summed E-state index contributed by atoms with van der Waals surface area (Å²) in [4.78, 5) is 16.5. The van der Waals surface area contributed by atoms with Gasteiger partial charge in [-0.15, -0.1) is 0 Å². The molecule has 0 unspecified atom stereocenters. The van der Waals surface area contributed by atoms with E-state index in [4.69, 9.17) is 4.74 Å². The molecule has 0 aliphatic rings. The predicted molar refractivity (Wildman–Crippen MR) is 79.0 cm³/mol. The van der Waals surface area contributed by atoms with Crippen molar-refractivity contribution in [2.45, 2.75) is 39.8 Å². The molecule has 0 fully saturated rings. The third kappa shape index (κ3) is 3.29. The van der Waals surface area contributed by atoms with Gasteiger partial charge < -0.3 is 4.74 Å². The lowest BCUT2D eigenvalue weighted by atomic mass is 10.1. The highest BCUT2D eigenvalue weighted by Crippen LogP contribution is 2.26. The van der Waals surface area contributed by atoms with Crippen molar-refractivity contribution in [2.75, 3.05) is 0 Å². The minimum Gasteiger partial charge on any atom is -0.480 e. The van der Waals surface area contributed by atoms with Crippen LogP contribution in [-0.2, 0) is 12.1 Å². The summed E-state index contributed by atoms with van der Waals surface area (Å²) >= 11 is 0. The van der Waals surface area contributed by atoms with Gasteiger partial charge in [-0.2, -0.15) is 0 Å². The van der Waals surface area contributed by atoms with Crippen LogP contribution < -0.4 is 10.3 Å². The largest absolute Gasteiger partial charge is 0.480 e. The molecule has 0 N–H and O–H groups in total. The SMILES string of the molecule is CCn1c(C(C)(C)Oc2cccc(F)c2)nc(C)cc1=O. The van der Waals surface area contributed by atoms with Crippen LogP contribution in [0.3, 0.4) is 0 Å². The summed E-state index contributed by atoms with van der Waals surface area (Å²) in [6, 6.07) is 7.41. The van der Waals surface area contributed by atoms with E-state index in [1.807, 2.05) is 20.8 Å². The summed E-state index contributed by atoms with van der Waals surface area (Å²) < 4.78 is 20.7. The Morgan fingerprint density at radius 3 is 2.67 bits per heavy atom. The maximum atomic E-state index is 13.3. The molecular weight excluding hydrogens is 271 g/mol. The number of benzene rings is 1. The van der Waals surface area contributed by atoms with Gasteiger partial charge in [-0.1, -0.05) is 6.07 Å². The molecule has 1 aromatic heterocycles. The van der Waals surface area contributed by atoms with Crippen molar-refractivity contribution >= 4 is 0 Å². The van der Waals surface area contributed by atoms with Crippen molar-refractivity contribution in [3.8, 4) is 5.75 Å². The molecule has 112 valence electrons. The van der Waals surface area contributed by atoms with E-state index < -0.39 is 5.60 Å². The van der Waals surface area contributed by atoms with Crippen molar-refractivity contribution < 1.29 is 9.13 Å². The molecule has 0 aliphatic carbocycles. The van der Waals surface area contributed by atoms with Gasteiger partial charge in [-0.05, 0) is 39.8 Å². The Hall–Kier alpha value is -2.17. The minimum atomic E-state index is -0.852. The van der Waals surface area contributed by atoms with Crippen LogP contribution >= 0.6 is 0 Å². The number of hydrogen-bond donors (Lipinski definition) is 0. The van der Waals surface area contributed by atoms with Crippen LogP contribution in [0.15, 0.2) is 35.1 Å². The van der Waals surface area contributed by atoms with Crippen LogP contribution in [0.5, 0.6) is 5.75 Å². The topological polar surface area (TPSA) is 44.1 Å². The standard InChI is InChI=1S/C16H19FN2O2/c1-5-19-14(20)9-11(2)18-15(19)16(3,4)21-13-8-6-7-12(17)10-13/h6-10H,5H2,1-4H3. The summed E-state index contributed by atoms with van der Waals surface area (Å²) in [5.41, 5.74) is -0.332. The molecule has 0 atom stereocenters. The first-order chi connectivity index (χ1) is 9.83. The second kappa shape index (κ2) is 5.68. The first-order valence-electron chi connectivity index (χ1n) is 6.87. The second-order valence-corrected chi connectivity index (χ2v) is 5.37. The van der Waals surface area contributed by atoms with Gasteiger partial charge in [-0.3, -0.25) is 9.36 Å². The van der Waals surface area contributed by atoms with Crippen molar-refractivity contribution in [1.82, 2.24) is 9.55 Å². The lowest BCUT2D eigenvalue weighted by Crippen LogP contribution is -2.36. The number of rotatable bonds is 4. The number of hydrogen-bond acceptors (Lipinski definition) is 3. The number of nitrogens with zero attached hydrogens (tertiary/aromatic N) is 2. The van der Waals surface area contributed by atoms with Crippen LogP contribution in [-0.4, -0.2) is 9.55 Å². The Morgan fingerprint density at radius 2 is 2.05 bits per heavy atom. The van der Waals surface area contributed by atoms with E-state index in [0.29, 0.717) is 23.8 Å². The normalized spacial score (nSPS) is 11.5. The highest BCUT2D eigenvalue weighted by Gasteiger charge is 2.28. The van der Waals surface area contributed by atoms with Gasteiger partial charge in [0.2, 0.25) is 0 Å². The van der Waals surface area contributed by atoms with Gasteiger partial charge in [0, 0.05) is 24.4 Å². The first-order valence-corrected chi connectivity index (χ1v) is 6.87. The van der Waals surface area contributed by atoms with Crippen LogP contribution in [0, 0.1) is 12.7 Å². The molecule has 0 spiro atoms. The maximum Gasteiger partial charge on any atom is 0.253 e. The van der Waals surface area contributed by atoms with Crippen molar-refractivity contribution in [3.63, 3.8) is 0 Å². The van der Waals surface area contributed by atoms with Crippen LogP contribution in [0.2, 0.25) is 0 Å². The molecule has 4 nitrogen and oxygen atoms in total. The van der Waals surface area contributed by atoms with Gasteiger partial charge in [0.15, 0.2) is 11.4 Å². The lowest BCUT2D eigenvalue weighted by Gasteiger charge is -2.28. The lowest BCUT2D eigenvalue weighted by molar-refractivity contribution is 0.0916. The van der Waals surface area contributed by atoms with Crippen LogP contribution in [0.4, 0.5) is 4.39 Å². The zero-order valence-corrected chi connectivity index (χ0v) is 12.7. The fraction of sp³-hybridized carbons (Fsp3) is 0.375. The van der Waals surface area contributed by atoms with Crippen molar-refractivity contribution in [3.05, 3.63) is 58.0 Å². The minimum absolute atomic E-state index is 0.115. The van der Waals surface area contributed by atoms with E-state index in [1.165, 1.54) is 18.2 Å². The highest BCUT2D eigenvalue weighted by atomic mass is 19.1. The molecule has 5 heteroatoms. The molecule has 2 rings (SSSR count). The maximum absolute atomic E-state index is 13.3. The number of ether oxygens (including phenoxy) is 1. The van der Waals surface area contributed by atoms with E-state index in [9.17, 15) is 9.18 Å². The Kier molecular flexibility index (Phi) is 4.11. The number of aromatic nitrogens is 2. The van der Waals surface area contributed by atoms with Gasteiger partial charge in [-0.25, -0.2) is 9.37 Å². The molecule has 1 aromatic carbocycles. The molecule has 0 amide bonds. The molecule has 0 radical (unpaired) electrons. The second-order valence-electron chi connectivity index (χ2n) is 5.37. The van der Waals surface area contributed by atoms with E-state index in [-0.39, 0.29) is 11.4 Å². The summed E-state index contributed by atoms with van der Waals surface area (Å²) in [6.45, 7) is 7.76. The third-order valence-corrected chi connectivity index (χ3v) is 3.16. The highest BCUT2D eigenvalue weighted by molar-refractivity contribution is 5.24. The van der Waals surface area contributed by atoms with E-state index in [0.717, 1.165) is 0 Å². The summed E-state index contributed by atoms with van der Waals surface area (Å²) in [5.74, 6) is 0.561. The van der Waals surface area contributed by atoms with Crippen LogP contribution in [0.25, 0.3) is 0 Å². The molecule has 0 aliphatic heterocycles. The zero-order valence-electron chi connectivity index (χ0n) is 12.7. The summed E-state index contributed by atoms with van der Waals surface area (Å²) in [5, 5.41) is 0. The monoisotopic (exact) mass is 290 g/mol. The Balaban J connectivity index is 2.46. The number of halogens is 1. The van der Waals surface area contributed by atoms with Crippen molar-refractivity contribution in [2.24, 2.45) is 0 Å². The molecule has 2 aromatic rings. The molecule has 21 heavy (non-hydrogen) atoms. The molecule has 0 bridgehead atoms. The van der Waals surface area contributed by atoms with Crippen LogP contribution in [0.1, 0.15) is 32.3 Å². The van der Waals surface area contributed by atoms with Gasteiger partial charge >= 0.3 is 0 Å². The quantitative estimate of drug-likeness (QED) is 0.869. The van der Waals surface area contributed by atoms with E-state index in [1.54, 1.807) is 23.6 Å². The van der Waals surface area contributed by atoms with E-state index >= 15 is 0 Å². The van der Waals surface area contributed by atoms with Gasteiger partial charge in [0.1, 0.15) is 11.6 Å². The average molecular weight is 290 g/mol. The predicted octanol–water partition coefficient (Wildman–Crippen LogP) is 3.02. The average Bonchev–Trinajstić information content (AvgIpc) is 2.37. The fourth-order valence-electron chi connectivity index (χ4n) is 2.26. The fourth-order valence-corrected chi connectivity index (χ4v) is 2.26. The third-order valence-electron chi connectivity index (χ3n) is 3.16. The first kappa shape index (κ1) is 15.2. The molecule has 0 saturated carbocycles. The Bertz CT molecular complexity index is 708. The van der Waals surface area contributed by atoms with Gasteiger partial charge in [0.05, 0.1) is 0 Å². The summed E-state index contributed by atoms with van der Waals surface area (Å²) in [7, 11) is 0. The smallest absolute Gasteiger partial charge is 0.253 e. The van der Waals surface area contributed by atoms with Gasteiger partial charge in [0.25, 0.3) is 5.56 Å². The Labute approximate surface area is 123 Å². The Morgan fingerprint density at radius 1 is 1.33 bits per heavy atom. The molecule has 0 saturated heterocycles. The number of aryl methyl sites for hydroxylation is 1. The summed E-state index contributed by atoms with van der Waals surface area (Å²) in [6.07, 6.45) is 0. The molecule has 1 heterocycles. The zero-order chi connectivity index (χ0) is 15.6.